The van der Waals surface area contributed by atoms with Crippen molar-refractivity contribution in [1.29, 1.82) is 0 Å². The van der Waals surface area contributed by atoms with Gasteiger partial charge in [0, 0.05) is 0 Å². The normalized spacial score (nSPS) is 19.7. The first kappa shape index (κ1) is 20.5. The average Bonchev–Trinajstić information content (AvgIpc) is 2.71. The number of hydrogen-bond acceptors (Lipinski definition) is 4. The highest BCUT2D eigenvalue weighted by atomic mass is 19.4. The number of hydrogen-bond donors (Lipinski definition) is 2. The number of benzene rings is 1. The minimum atomic E-state index is -4.65. The lowest BCUT2D eigenvalue weighted by Crippen LogP contribution is -2.41. The van der Waals surface area contributed by atoms with E-state index in [9.17, 15) is 28.2 Å². The van der Waals surface area contributed by atoms with Crippen molar-refractivity contribution >= 4 is 19.2 Å². The van der Waals surface area contributed by atoms with Crippen molar-refractivity contribution in [1.82, 2.24) is 0 Å². The van der Waals surface area contributed by atoms with Crippen LogP contribution in [0.2, 0.25) is 0 Å². The summed E-state index contributed by atoms with van der Waals surface area (Å²) in [6, 6.07) is 2.40. The Bertz CT molecular complexity index is 724. The van der Waals surface area contributed by atoms with Crippen LogP contribution in [0.4, 0.5) is 13.2 Å². The van der Waals surface area contributed by atoms with E-state index in [4.69, 9.17) is 9.31 Å². The number of aliphatic hydroxyl groups excluding tert-OH is 1. The van der Waals surface area contributed by atoms with Crippen LogP contribution in [0.15, 0.2) is 23.7 Å². The van der Waals surface area contributed by atoms with Gasteiger partial charge in [0.05, 0.1) is 28.9 Å². The van der Waals surface area contributed by atoms with E-state index in [2.05, 4.69) is 0 Å². The Kier molecular flexibility index (Phi) is 5.29. The number of carboxylic acids is 1. The van der Waals surface area contributed by atoms with Crippen LogP contribution in [0.5, 0.6) is 0 Å². The molecule has 0 radical (unpaired) electrons. The van der Waals surface area contributed by atoms with Crippen molar-refractivity contribution in [3.63, 3.8) is 0 Å². The summed E-state index contributed by atoms with van der Waals surface area (Å²) in [4.78, 5) is 11.4. The Morgan fingerprint density at radius 3 is 2.15 bits per heavy atom. The fraction of sp³-hybridized carbons (Fsp3) is 0.471. The van der Waals surface area contributed by atoms with Gasteiger partial charge in [-0.2, -0.15) is 13.2 Å². The quantitative estimate of drug-likeness (QED) is 0.793. The third kappa shape index (κ3) is 3.95. The zero-order valence-electron chi connectivity index (χ0n) is 14.8. The lowest BCUT2D eigenvalue weighted by molar-refractivity contribution is -0.137. The molecule has 142 valence electrons. The Labute approximate surface area is 149 Å². The minimum Gasteiger partial charge on any atom is -0.478 e. The summed E-state index contributed by atoms with van der Waals surface area (Å²) in [6.45, 7) is 6.73. The Morgan fingerprint density at radius 2 is 1.73 bits per heavy atom. The first-order valence-electron chi connectivity index (χ1n) is 7.90. The van der Waals surface area contributed by atoms with Crippen LogP contribution in [0.25, 0.3) is 6.08 Å². The number of alkyl halides is 3. The van der Waals surface area contributed by atoms with Crippen molar-refractivity contribution in [2.24, 2.45) is 0 Å². The molecule has 1 saturated heterocycles. The van der Waals surface area contributed by atoms with E-state index in [-0.39, 0.29) is 11.0 Å². The number of carbonyl (C=O) groups is 1. The summed E-state index contributed by atoms with van der Waals surface area (Å²) >= 11 is 0. The van der Waals surface area contributed by atoms with E-state index < -0.39 is 48.2 Å². The zero-order chi connectivity index (χ0) is 19.9. The SMILES string of the molecule is CC1(C)OB(C(=Cc2ccc(C(F)(F)F)cc2C(=O)O)CO)OC1(C)C. The van der Waals surface area contributed by atoms with E-state index in [1.807, 2.05) is 27.7 Å². The van der Waals surface area contributed by atoms with E-state index in [1.54, 1.807) is 0 Å². The third-order valence-electron chi connectivity index (χ3n) is 4.69. The molecule has 1 aliphatic rings. The molecule has 0 unspecified atom stereocenters. The molecule has 0 saturated carbocycles. The highest BCUT2D eigenvalue weighted by Gasteiger charge is 2.52. The Hall–Kier alpha value is -1.84. The standard InChI is InChI=1S/C17H20BF3O5/c1-15(2)16(3,4)26-18(25-15)12(9-22)7-10-5-6-11(17(19,20)21)8-13(10)14(23)24/h5-8,22H,9H2,1-4H3,(H,23,24). The van der Waals surface area contributed by atoms with Gasteiger partial charge in [0.15, 0.2) is 0 Å². The van der Waals surface area contributed by atoms with Crippen LogP contribution in [-0.2, 0) is 15.5 Å². The predicted molar refractivity (Wildman–Crippen MR) is 89.5 cm³/mol. The predicted octanol–water partition coefficient (Wildman–Crippen LogP) is 3.41. The van der Waals surface area contributed by atoms with Gasteiger partial charge in [-0.25, -0.2) is 4.79 Å². The Morgan fingerprint density at radius 1 is 1.19 bits per heavy atom. The molecule has 1 aromatic rings. The highest BCUT2D eigenvalue weighted by Crippen LogP contribution is 2.39. The van der Waals surface area contributed by atoms with Gasteiger partial charge >= 0.3 is 19.3 Å². The summed E-state index contributed by atoms with van der Waals surface area (Å²) in [5.74, 6) is -1.51. The second-order valence-corrected chi connectivity index (χ2v) is 7.07. The van der Waals surface area contributed by atoms with Crippen LogP contribution in [0.1, 0.15) is 49.2 Å². The average molecular weight is 372 g/mol. The highest BCUT2D eigenvalue weighted by molar-refractivity contribution is 6.55. The number of rotatable bonds is 4. The van der Waals surface area contributed by atoms with Gasteiger partial charge in [0.1, 0.15) is 0 Å². The van der Waals surface area contributed by atoms with E-state index in [1.165, 1.54) is 6.08 Å². The monoisotopic (exact) mass is 372 g/mol. The summed E-state index contributed by atoms with van der Waals surface area (Å²) in [7, 11) is -0.936. The molecule has 5 nitrogen and oxygen atoms in total. The van der Waals surface area contributed by atoms with Crippen molar-refractivity contribution in [3.05, 3.63) is 40.4 Å². The van der Waals surface area contributed by atoms with Crippen LogP contribution >= 0.6 is 0 Å². The second-order valence-electron chi connectivity index (χ2n) is 7.07. The maximum Gasteiger partial charge on any atom is 0.492 e. The van der Waals surface area contributed by atoms with Crippen LogP contribution < -0.4 is 0 Å². The van der Waals surface area contributed by atoms with Crippen LogP contribution in [0.3, 0.4) is 0 Å². The number of aliphatic hydroxyl groups is 1. The summed E-state index contributed by atoms with van der Waals surface area (Å²) < 4.78 is 50.0. The molecule has 1 aliphatic heterocycles. The molecule has 0 bridgehead atoms. The summed E-state index contributed by atoms with van der Waals surface area (Å²) in [6.07, 6.45) is -3.37. The fourth-order valence-electron chi connectivity index (χ4n) is 2.43. The number of aromatic carboxylic acids is 1. The second kappa shape index (κ2) is 6.72. The number of halogens is 3. The maximum atomic E-state index is 12.8. The van der Waals surface area contributed by atoms with E-state index >= 15 is 0 Å². The van der Waals surface area contributed by atoms with Crippen molar-refractivity contribution in [2.45, 2.75) is 45.1 Å². The topological polar surface area (TPSA) is 76.0 Å². The summed E-state index contributed by atoms with van der Waals surface area (Å²) in [5.41, 5.74) is -2.71. The largest absolute Gasteiger partial charge is 0.492 e. The van der Waals surface area contributed by atoms with Gasteiger partial charge in [0.2, 0.25) is 0 Å². The molecule has 0 atom stereocenters. The lowest BCUT2D eigenvalue weighted by atomic mass is 9.77. The smallest absolute Gasteiger partial charge is 0.478 e. The molecule has 0 aliphatic carbocycles. The Balaban J connectivity index is 2.45. The van der Waals surface area contributed by atoms with Gasteiger partial charge in [-0.3, -0.25) is 0 Å². The van der Waals surface area contributed by atoms with E-state index in [0.29, 0.717) is 6.07 Å². The zero-order valence-corrected chi connectivity index (χ0v) is 14.8. The van der Waals surface area contributed by atoms with Crippen molar-refractivity contribution < 1.29 is 37.5 Å². The van der Waals surface area contributed by atoms with Gasteiger partial charge < -0.3 is 19.5 Å². The third-order valence-corrected chi connectivity index (χ3v) is 4.69. The minimum absolute atomic E-state index is 0.0178. The molecule has 1 fully saturated rings. The molecular weight excluding hydrogens is 352 g/mol. The lowest BCUT2D eigenvalue weighted by Gasteiger charge is -2.32. The number of carboxylic acid groups (broad SMARTS) is 1. The van der Waals surface area contributed by atoms with Gasteiger partial charge in [0.25, 0.3) is 0 Å². The van der Waals surface area contributed by atoms with Crippen LogP contribution in [0, 0.1) is 0 Å². The molecule has 9 heteroatoms. The first-order chi connectivity index (χ1) is 11.8. The maximum absolute atomic E-state index is 12.8. The van der Waals surface area contributed by atoms with Crippen LogP contribution in [-0.4, -0.2) is 41.1 Å². The molecule has 0 amide bonds. The molecule has 2 rings (SSSR count). The summed E-state index contributed by atoms with van der Waals surface area (Å²) in [5, 5.41) is 18.9. The molecule has 26 heavy (non-hydrogen) atoms. The first-order valence-corrected chi connectivity index (χ1v) is 7.90. The fourth-order valence-corrected chi connectivity index (χ4v) is 2.43. The molecule has 0 aromatic heterocycles. The molecule has 0 spiro atoms. The molecule has 2 N–H and O–H groups in total. The van der Waals surface area contributed by atoms with Crippen molar-refractivity contribution in [2.75, 3.05) is 6.61 Å². The molecule has 1 aromatic carbocycles. The molecular formula is C17H20BF3O5. The van der Waals surface area contributed by atoms with Gasteiger partial charge in [-0.15, -0.1) is 0 Å². The molecule has 1 heterocycles. The van der Waals surface area contributed by atoms with Gasteiger partial charge in [-0.1, -0.05) is 12.1 Å². The van der Waals surface area contributed by atoms with E-state index in [0.717, 1.165) is 12.1 Å². The van der Waals surface area contributed by atoms with Crippen molar-refractivity contribution in [3.8, 4) is 0 Å². The van der Waals surface area contributed by atoms with Gasteiger partial charge in [-0.05, 0) is 50.9 Å².